The lowest BCUT2D eigenvalue weighted by Crippen LogP contribution is -2.33. The lowest BCUT2D eigenvalue weighted by atomic mass is 10.1. The number of aliphatic hydroxyl groups excluding tert-OH is 1. The molecule has 1 aliphatic rings. The first kappa shape index (κ1) is 20.5. The van der Waals surface area contributed by atoms with E-state index in [2.05, 4.69) is 24.8 Å². The maximum absolute atomic E-state index is 13.0. The van der Waals surface area contributed by atoms with Gasteiger partial charge in [-0.15, -0.1) is 0 Å². The van der Waals surface area contributed by atoms with E-state index in [0.29, 0.717) is 29.4 Å². The van der Waals surface area contributed by atoms with Crippen LogP contribution in [0.1, 0.15) is 12.1 Å². The van der Waals surface area contributed by atoms with Crippen molar-refractivity contribution in [3.05, 3.63) is 36.4 Å². The van der Waals surface area contributed by atoms with Crippen molar-refractivity contribution in [1.82, 2.24) is 29.3 Å². The van der Waals surface area contributed by atoms with Gasteiger partial charge in [0.1, 0.15) is 23.5 Å². The molecule has 4 rings (SSSR count). The van der Waals surface area contributed by atoms with Crippen molar-refractivity contribution in [1.29, 1.82) is 0 Å². The van der Waals surface area contributed by atoms with Crippen molar-refractivity contribution < 1.29 is 22.3 Å². The Kier molecular flexibility index (Phi) is 5.34. The summed E-state index contributed by atoms with van der Waals surface area (Å²) in [5.74, 6) is 0.213. The van der Waals surface area contributed by atoms with Crippen LogP contribution in [0.3, 0.4) is 0 Å². The molecule has 0 saturated carbocycles. The summed E-state index contributed by atoms with van der Waals surface area (Å²) in [6.45, 7) is 0.774. The predicted molar refractivity (Wildman–Crippen MR) is 104 cm³/mol. The molecule has 0 amide bonds. The smallest absolute Gasteiger partial charge is 0.282 e. The zero-order chi connectivity index (χ0) is 21.5. The van der Waals surface area contributed by atoms with Crippen LogP contribution >= 0.6 is 0 Å². The number of nitrogens with zero attached hydrogens (tertiary/aromatic N) is 6. The van der Waals surface area contributed by atoms with Crippen LogP contribution in [0.5, 0.6) is 0 Å². The van der Waals surface area contributed by atoms with Crippen LogP contribution in [-0.2, 0) is 10.0 Å². The maximum atomic E-state index is 13.0. The Labute approximate surface area is 170 Å². The number of β-amino-alcohol motifs (C(OH)–C–C–N with tert-alkyl or cyclic N) is 1. The summed E-state index contributed by atoms with van der Waals surface area (Å²) in [4.78, 5) is 14.4. The third-order valence-electron chi connectivity index (χ3n) is 4.86. The highest BCUT2D eigenvalue weighted by molar-refractivity contribution is 7.88. The Bertz CT molecular complexity index is 1170. The SMILES string of the molecule is CS(=O)(=O)NCC1CN(c2cc(-c3cnc4ccc(C(F)F)nn34)ncn2)CC1O. The lowest BCUT2D eigenvalue weighted by Gasteiger charge is -2.17. The summed E-state index contributed by atoms with van der Waals surface area (Å²) in [5.41, 5.74) is 0.878. The number of rotatable bonds is 6. The van der Waals surface area contributed by atoms with Gasteiger partial charge in [-0.2, -0.15) is 5.10 Å². The van der Waals surface area contributed by atoms with E-state index in [0.717, 1.165) is 6.26 Å². The van der Waals surface area contributed by atoms with Crippen molar-refractivity contribution in [3.8, 4) is 11.4 Å². The standard InChI is InChI=1S/C17H19F2N7O3S/c1-30(28,29)23-5-10-7-25(8-14(10)27)16-4-12(21-9-22-16)13-6-20-15-3-2-11(17(18)19)24-26(13)15/h2-4,6,9-10,14,17,23,27H,5,7-8H2,1H3. The third-order valence-corrected chi connectivity index (χ3v) is 5.55. The minimum Gasteiger partial charge on any atom is -0.391 e. The number of alkyl halides is 2. The average Bonchev–Trinajstić information content (AvgIpc) is 3.29. The molecule has 1 fully saturated rings. The first-order chi connectivity index (χ1) is 14.2. The quantitative estimate of drug-likeness (QED) is 0.568. The fourth-order valence-corrected chi connectivity index (χ4v) is 3.86. The molecule has 3 aromatic rings. The predicted octanol–water partition coefficient (Wildman–Crippen LogP) is 0.470. The van der Waals surface area contributed by atoms with E-state index in [1.165, 1.54) is 29.2 Å². The fourth-order valence-electron chi connectivity index (χ4n) is 3.34. The Balaban J connectivity index is 1.59. The summed E-state index contributed by atoms with van der Waals surface area (Å²) in [7, 11) is -3.36. The zero-order valence-electron chi connectivity index (χ0n) is 15.9. The van der Waals surface area contributed by atoms with Crippen LogP contribution in [0.15, 0.2) is 30.7 Å². The molecule has 0 bridgehead atoms. The average molecular weight is 439 g/mol. The molecule has 0 aromatic carbocycles. The van der Waals surface area contributed by atoms with Crippen molar-refractivity contribution in [2.24, 2.45) is 5.92 Å². The number of anilines is 1. The van der Waals surface area contributed by atoms with Gasteiger partial charge in [0.15, 0.2) is 5.65 Å². The molecule has 2 unspecified atom stereocenters. The number of sulfonamides is 1. The molecule has 30 heavy (non-hydrogen) atoms. The molecule has 4 heterocycles. The summed E-state index contributed by atoms with van der Waals surface area (Å²) < 4.78 is 52.4. The van der Waals surface area contributed by atoms with Gasteiger partial charge in [-0.05, 0) is 12.1 Å². The molecule has 2 N–H and O–H groups in total. The highest BCUT2D eigenvalue weighted by Gasteiger charge is 2.32. The van der Waals surface area contributed by atoms with E-state index >= 15 is 0 Å². The number of aromatic nitrogens is 5. The molecule has 1 aliphatic heterocycles. The van der Waals surface area contributed by atoms with Gasteiger partial charge in [0.25, 0.3) is 6.43 Å². The monoisotopic (exact) mass is 439 g/mol. The van der Waals surface area contributed by atoms with Gasteiger partial charge in [0, 0.05) is 31.6 Å². The summed E-state index contributed by atoms with van der Waals surface area (Å²) in [5, 5.41) is 14.2. The minimum atomic E-state index is -3.36. The van der Waals surface area contributed by atoms with Gasteiger partial charge in [-0.25, -0.2) is 41.4 Å². The highest BCUT2D eigenvalue weighted by Crippen LogP contribution is 2.26. The molecule has 160 valence electrons. The first-order valence-corrected chi connectivity index (χ1v) is 10.9. The second kappa shape index (κ2) is 7.81. The van der Waals surface area contributed by atoms with E-state index in [-0.39, 0.29) is 24.7 Å². The molecule has 10 nitrogen and oxygen atoms in total. The topological polar surface area (TPSA) is 126 Å². The van der Waals surface area contributed by atoms with E-state index in [9.17, 15) is 22.3 Å². The van der Waals surface area contributed by atoms with E-state index in [1.807, 2.05) is 4.90 Å². The molecule has 2 atom stereocenters. The third kappa shape index (κ3) is 4.22. The summed E-state index contributed by atoms with van der Waals surface area (Å²) in [6, 6.07) is 4.33. The Morgan fingerprint density at radius 1 is 1.27 bits per heavy atom. The minimum absolute atomic E-state index is 0.113. The second-order valence-electron chi connectivity index (χ2n) is 7.09. The van der Waals surface area contributed by atoms with Crippen molar-refractivity contribution in [2.75, 3.05) is 30.8 Å². The molecular formula is C17H19F2N7O3S. The molecule has 1 saturated heterocycles. The molecule has 0 aliphatic carbocycles. The molecular weight excluding hydrogens is 420 g/mol. The van der Waals surface area contributed by atoms with Crippen LogP contribution in [0.4, 0.5) is 14.6 Å². The van der Waals surface area contributed by atoms with Crippen LogP contribution in [0.2, 0.25) is 0 Å². The summed E-state index contributed by atoms with van der Waals surface area (Å²) in [6.07, 6.45) is 0.432. The second-order valence-corrected chi connectivity index (χ2v) is 8.92. The molecule has 0 spiro atoms. The van der Waals surface area contributed by atoms with Crippen molar-refractivity contribution in [3.63, 3.8) is 0 Å². The van der Waals surface area contributed by atoms with Crippen LogP contribution < -0.4 is 9.62 Å². The zero-order valence-corrected chi connectivity index (χ0v) is 16.7. The highest BCUT2D eigenvalue weighted by atomic mass is 32.2. The number of imidazole rings is 1. The van der Waals surface area contributed by atoms with Crippen molar-refractivity contribution >= 4 is 21.5 Å². The van der Waals surface area contributed by atoms with Gasteiger partial charge in [0.05, 0.1) is 24.3 Å². The number of aliphatic hydroxyl groups is 1. The molecule has 0 radical (unpaired) electrons. The number of nitrogens with one attached hydrogen (secondary N) is 1. The van der Waals surface area contributed by atoms with Crippen LogP contribution in [0.25, 0.3) is 17.0 Å². The van der Waals surface area contributed by atoms with E-state index < -0.39 is 22.6 Å². The van der Waals surface area contributed by atoms with Crippen LogP contribution in [0, 0.1) is 5.92 Å². The van der Waals surface area contributed by atoms with Gasteiger partial charge >= 0.3 is 0 Å². The lowest BCUT2D eigenvalue weighted by molar-refractivity contribution is 0.144. The Morgan fingerprint density at radius 2 is 2.07 bits per heavy atom. The van der Waals surface area contributed by atoms with Crippen molar-refractivity contribution in [2.45, 2.75) is 12.5 Å². The molecule has 3 aromatic heterocycles. The number of hydrogen-bond acceptors (Lipinski definition) is 8. The van der Waals surface area contributed by atoms with E-state index in [1.54, 1.807) is 6.07 Å². The fraction of sp³-hybridized carbons (Fsp3) is 0.412. The normalized spacial score (nSPS) is 19.8. The Morgan fingerprint density at radius 3 is 2.80 bits per heavy atom. The van der Waals surface area contributed by atoms with E-state index in [4.69, 9.17) is 0 Å². The number of hydrogen-bond donors (Lipinski definition) is 2. The molecule has 13 heteroatoms. The number of fused-ring (bicyclic) bond motifs is 1. The first-order valence-electron chi connectivity index (χ1n) is 9.04. The van der Waals surface area contributed by atoms with Gasteiger partial charge in [0.2, 0.25) is 10.0 Å². The van der Waals surface area contributed by atoms with Gasteiger partial charge < -0.3 is 10.0 Å². The number of halogens is 2. The largest absolute Gasteiger partial charge is 0.391 e. The van der Waals surface area contributed by atoms with Gasteiger partial charge in [-0.1, -0.05) is 0 Å². The summed E-state index contributed by atoms with van der Waals surface area (Å²) >= 11 is 0. The Hall–Kier alpha value is -2.77. The van der Waals surface area contributed by atoms with Gasteiger partial charge in [-0.3, -0.25) is 0 Å². The van der Waals surface area contributed by atoms with Crippen LogP contribution in [-0.4, -0.2) is 70.1 Å². The maximum Gasteiger partial charge on any atom is 0.282 e.